The first kappa shape index (κ1) is 24.7. The number of ether oxygens (including phenoxy) is 1. The van der Waals surface area contributed by atoms with Crippen LogP contribution in [0.2, 0.25) is 0 Å². The number of aryl methyl sites for hydroxylation is 1. The van der Waals surface area contributed by atoms with Crippen LogP contribution < -0.4 is 0 Å². The molecule has 2 nitrogen and oxygen atoms in total. The standard InChI is InChI=1S/C26H44O2/c1-3-5-6-7-8-9-10-11-12-13-14-15-16-18-26(27)28-23-25-21-19-24(17-4-2)20-22-25/h19-22H,3-18,23H2,1-2H3. The van der Waals surface area contributed by atoms with Crippen molar-refractivity contribution >= 4 is 5.97 Å². The molecule has 0 bridgehead atoms. The summed E-state index contributed by atoms with van der Waals surface area (Å²) in [5.74, 6) is -0.0549. The van der Waals surface area contributed by atoms with Crippen molar-refractivity contribution < 1.29 is 9.53 Å². The van der Waals surface area contributed by atoms with E-state index in [0.29, 0.717) is 13.0 Å². The summed E-state index contributed by atoms with van der Waals surface area (Å²) in [5.41, 5.74) is 2.43. The molecule has 0 unspecified atom stereocenters. The third kappa shape index (κ3) is 13.8. The molecule has 2 heteroatoms. The lowest BCUT2D eigenvalue weighted by Gasteiger charge is -2.06. The molecule has 0 fully saturated rings. The minimum absolute atomic E-state index is 0.0549. The Morgan fingerprint density at radius 1 is 0.643 bits per heavy atom. The molecule has 0 N–H and O–H groups in total. The summed E-state index contributed by atoms with van der Waals surface area (Å²) in [7, 11) is 0. The zero-order chi connectivity index (χ0) is 20.3. The second-order valence-corrected chi connectivity index (χ2v) is 8.22. The third-order valence-electron chi connectivity index (χ3n) is 5.45. The molecular weight excluding hydrogens is 344 g/mol. The molecule has 0 saturated carbocycles. The van der Waals surface area contributed by atoms with Crippen molar-refractivity contribution in [3.05, 3.63) is 35.4 Å². The normalized spacial score (nSPS) is 10.9. The minimum atomic E-state index is -0.0549. The van der Waals surface area contributed by atoms with E-state index >= 15 is 0 Å². The maximum Gasteiger partial charge on any atom is 0.306 e. The van der Waals surface area contributed by atoms with Gasteiger partial charge in [0.05, 0.1) is 0 Å². The Kier molecular flexibility index (Phi) is 15.7. The molecule has 0 atom stereocenters. The van der Waals surface area contributed by atoms with Crippen LogP contribution in [-0.4, -0.2) is 5.97 Å². The second kappa shape index (κ2) is 17.8. The summed E-state index contributed by atoms with van der Waals surface area (Å²) in [6.45, 7) is 4.87. The zero-order valence-corrected chi connectivity index (χ0v) is 18.6. The van der Waals surface area contributed by atoms with Gasteiger partial charge in [-0.05, 0) is 24.0 Å². The highest BCUT2D eigenvalue weighted by molar-refractivity contribution is 5.69. The first-order chi connectivity index (χ1) is 13.8. The molecule has 0 radical (unpaired) electrons. The fourth-order valence-corrected chi connectivity index (χ4v) is 3.61. The summed E-state index contributed by atoms with van der Waals surface area (Å²) in [6.07, 6.45) is 20.1. The highest BCUT2D eigenvalue weighted by atomic mass is 16.5. The number of carbonyl (C=O) groups is 1. The lowest BCUT2D eigenvalue weighted by Crippen LogP contribution is -2.04. The van der Waals surface area contributed by atoms with Crippen molar-refractivity contribution in [3.63, 3.8) is 0 Å². The molecule has 0 aliphatic heterocycles. The molecule has 1 rings (SSSR count). The Bertz CT molecular complexity index is 478. The average molecular weight is 389 g/mol. The SMILES string of the molecule is CCCCCCCCCCCCCCCC(=O)OCc1ccc(CCC)cc1. The molecule has 160 valence electrons. The number of esters is 1. The van der Waals surface area contributed by atoms with E-state index in [4.69, 9.17) is 4.74 Å². The van der Waals surface area contributed by atoms with Gasteiger partial charge in [-0.2, -0.15) is 0 Å². The van der Waals surface area contributed by atoms with E-state index in [0.717, 1.165) is 31.2 Å². The highest BCUT2D eigenvalue weighted by Gasteiger charge is 2.04. The Balaban J connectivity index is 1.88. The van der Waals surface area contributed by atoms with Crippen LogP contribution in [0.1, 0.15) is 121 Å². The molecular formula is C26H44O2. The molecule has 1 aromatic rings. The van der Waals surface area contributed by atoms with Crippen LogP contribution in [-0.2, 0) is 22.6 Å². The Labute approximate surface area is 174 Å². The van der Waals surface area contributed by atoms with E-state index in [1.165, 1.54) is 76.2 Å². The molecule has 0 aliphatic rings. The van der Waals surface area contributed by atoms with E-state index in [1.54, 1.807) is 0 Å². The van der Waals surface area contributed by atoms with Gasteiger partial charge in [-0.25, -0.2) is 0 Å². The topological polar surface area (TPSA) is 26.3 Å². The Morgan fingerprint density at radius 3 is 1.61 bits per heavy atom. The molecule has 1 aromatic carbocycles. The Hall–Kier alpha value is -1.31. The van der Waals surface area contributed by atoms with E-state index in [2.05, 4.69) is 38.1 Å². The fourth-order valence-electron chi connectivity index (χ4n) is 3.61. The minimum Gasteiger partial charge on any atom is -0.461 e. The van der Waals surface area contributed by atoms with Crippen LogP contribution in [0.15, 0.2) is 24.3 Å². The van der Waals surface area contributed by atoms with Gasteiger partial charge in [0.15, 0.2) is 0 Å². The quantitative estimate of drug-likeness (QED) is 0.187. The molecule has 0 amide bonds. The van der Waals surface area contributed by atoms with Crippen molar-refractivity contribution in [2.24, 2.45) is 0 Å². The van der Waals surface area contributed by atoms with Gasteiger partial charge in [0, 0.05) is 6.42 Å². The van der Waals surface area contributed by atoms with Crippen LogP contribution in [0.4, 0.5) is 0 Å². The number of benzene rings is 1. The predicted molar refractivity (Wildman–Crippen MR) is 121 cm³/mol. The summed E-state index contributed by atoms with van der Waals surface area (Å²) in [5, 5.41) is 0. The van der Waals surface area contributed by atoms with Gasteiger partial charge in [-0.1, -0.05) is 122 Å². The van der Waals surface area contributed by atoms with E-state index in [-0.39, 0.29) is 5.97 Å². The smallest absolute Gasteiger partial charge is 0.306 e. The van der Waals surface area contributed by atoms with E-state index < -0.39 is 0 Å². The zero-order valence-electron chi connectivity index (χ0n) is 18.6. The monoisotopic (exact) mass is 388 g/mol. The van der Waals surface area contributed by atoms with Crippen molar-refractivity contribution in [2.75, 3.05) is 0 Å². The van der Waals surface area contributed by atoms with Gasteiger partial charge in [0.1, 0.15) is 6.61 Å². The number of hydrogen-bond donors (Lipinski definition) is 0. The summed E-state index contributed by atoms with van der Waals surface area (Å²) >= 11 is 0. The first-order valence-corrected chi connectivity index (χ1v) is 12.0. The maximum absolute atomic E-state index is 11.9. The molecule has 0 aliphatic carbocycles. The van der Waals surface area contributed by atoms with Gasteiger partial charge >= 0.3 is 5.97 Å². The Morgan fingerprint density at radius 2 is 1.11 bits per heavy atom. The lowest BCUT2D eigenvalue weighted by atomic mass is 10.0. The highest BCUT2D eigenvalue weighted by Crippen LogP contribution is 2.13. The average Bonchev–Trinajstić information content (AvgIpc) is 2.71. The van der Waals surface area contributed by atoms with Crippen molar-refractivity contribution in [1.82, 2.24) is 0 Å². The van der Waals surface area contributed by atoms with Crippen molar-refractivity contribution in [2.45, 2.75) is 123 Å². The number of unbranched alkanes of at least 4 members (excludes halogenated alkanes) is 12. The van der Waals surface area contributed by atoms with Crippen LogP contribution in [0.5, 0.6) is 0 Å². The molecule has 0 heterocycles. The van der Waals surface area contributed by atoms with Gasteiger partial charge in [0.2, 0.25) is 0 Å². The third-order valence-corrected chi connectivity index (χ3v) is 5.45. The molecule has 0 aromatic heterocycles. The fraction of sp³-hybridized carbons (Fsp3) is 0.731. The number of carbonyl (C=O) groups excluding carboxylic acids is 1. The van der Waals surface area contributed by atoms with Crippen LogP contribution in [0.25, 0.3) is 0 Å². The van der Waals surface area contributed by atoms with Gasteiger partial charge in [-0.15, -0.1) is 0 Å². The maximum atomic E-state index is 11.9. The summed E-state index contributed by atoms with van der Waals surface area (Å²) in [6, 6.07) is 8.42. The second-order valence-electron chi connectivity index (χ2n) is 8.22. The number of hydrogen-bond acceptors (Lipinski definition) is 2. The summed E-state index contributed by atoms with van der Waals surface area (Å²) in [4.78, 5) is 11.9. The summed E-state index contributed by atoms with van der Waals surface area (Å²) < 4.78 is 5.40. The molecule has 0 spiro atoms. The van der Waals surface area contributed by atoms with Crippen LogP contribution in [0.3, 0.4) is 0 Å². The van der Waals surface area contributed by atoms with Gasteiger partial charge < -0.3 is 4.74 Å². The molecule has 0 saturated heterocycles. The van der Waals surface area contributed by atoms with E-state index in [1.807, 2.05) is 0 Å². The first-order valence-electron chi connectivity index (χ1n) is 12.0. The molecule has 28 heavy (non-hydrogen) atoms. The predicted octanol–water partition coefficient (Wildman–Crippen LogP) is 8.16. The van der Waals surface area contributed by atoms with Crippen LogP contribution in [0, 0.1) is 0 Å². The van der Waals surface area contributed by atoms with E-state index in [9.17, 15) is 4.79 Å². The van der Waals surface area contributed by atoms with Crippen molar-refractivity contribution in [1.29, 1.82) is 0 Å². The largest absolute Gasteiger partial charge is 0.461 e. The van der Waals surface area contributed by atoms with Gasteiger partial charge in [0.25, 0.3) is 0 Å². The van der Waals surface area contributed by atoms with Crippen molar-refractivity contribution in [3.8, 4) is 0 Å². The lowest BCUT2D eigenvalue weighted by molar-refractivity contribution is -0.145. The number of rotatable bonds is 18. The van der Waals surface area contributed by atoms with Gasteiger partial charge in [-0.3, -0.25) is 4.79 Å². The van der Waals surface area contributed by atoms with Crippen LogP contribution >= 0.6 is 0 Å².